The highest BCUT2D eigenvalue weighted by molar-refractivity contribution is 6.35. The van der Waals surface area contributed by atoms with Crippen LogP contribution < -0.4 is 4.90 Å². The summed E-state index contributed by atoms with van der Waals surface area (Å²) < 4.78 is 5.15. The largest absolute Gasteiger partial charge is 0.353 e. The van der Waals surface area contributed by atoms with Crippen LogP contribution in [0.25, 0.3) is 11.4 Å². The predicted molar refractivity (Wildman–Crippen MR) is 111 cm³/mol. The van der Waals surface area contributed by atoms with Crippen LogP contribution in [0.4, 0.5) is 5.82 Å². The molecule has 1 fully saturated rings. The summed E-state index contributed by atoms with van der Waals surface area (Å²) in [5, 5.41) is 4.87. The number of aryl methyl sites for hydroxylation is 1. The molecule has 0 radical (unpaired) electrons. The van der Waals surface area contributed by atoms with Crippen LogP contribution in [-0.2, 0) is 6.42 Å². The summed E-state index contributed by atoms with van der Waals surface area (Å²) >= 11 is 12.2. The predicted octanol–water partition coefficient (Wildman–Crippen LogP) is 3.96. The minimum absolute atomic E-state index is 0.107. The number of benzene rings is 1. The third-order valence-electron chi connectivity index (χ3n) is 4.83. The maximum atomic E-state index is 12.8. The van der Waals surface area contributed by atoms with Crippen LogP contribution >= 0.6 is 23.2 Å². The van der Waals surface area contributed by atoms with Gasteiger partial charge in [0.2, 0.25) is 11.7 Å². The molecule has 0 N–H and O–H groups in total. The summed E-state index contributed by atoms with van der Waals surface area (Å²) in [7, 11) is 0. The standard InChI is InChI=1S/C20H19Cl2N5O2/c1-2-18-24-19(25-29-18)13-3-6-17(23-12-13)26-7-9-27(10-8-26)20(28)15-11-14(21)4-5-16(15)22/h3-6,11-12H,2,7-10H2,1H3. The molecule has 29 heavy (non-hydrogen) atoms. The lowest BCUT2D eigenvalue weighted by molar-refractivity contribution is 0.0746. The lowest BCUT2D eigenvalue weighted by Crippen LogP contribution is -2.49. The number of piperazine rings is 1. The summed E-state index contributed by atoms with van der Waals surface area (Å²) in [5.41, 5.74) is 1.24. The van der Waals surface area contributed by atoms with Gasteiger partial charge in [0.1, 0.15) is 5.82 Å². The van der Waals surface area contributed by atoms with Gasteiger partial charge < -0.3 is 14.3 Å². The molecule has 1 aliphatic heterocycles. The third-order valence-corrected chi connectivity index (χ3v) is 5.39. The summed E-state index contributed by atoms with van der Waals surface area (Å²) in [6.07, 6.45) is 2.44. The van der Waals surface area contributed by atoms with Crippen LogP contribution in [0, 0.1) is 0 Å². The zero-order valence-corrected chi connectivity index (χ0v) is 17.3. The third kappa shape index (κ3) is 4.21. The second-order valence-electron chi connectivity index (χ2n) is 6.67. The first-order chi connectivity index (χ1) is 14.0. The Kier molecular flexibility index (Phi) is 5.69. The Morgan fingerprint density at radius 2 is 1.93 bits per heavy atom. The van der Waals surface area contributed by atoms with Gasteiger partial charge in [-0.2, -0.15) is 4.98 Å². The SMILES string of the molecule is CCc1nc(-c2ccc(N3CCN(C(=O)c4cc(Cl)ccc4Cl)CC3)nc2)no1. The van der Waals surface area contributed by atoms with E-state index in [1.54, 1.807) is 29.3 Å². The molecular weight excluding hydrogens is 413 g/mol. The number of carbonyl (C=O) groups is 1. The number of rotatable bonds is 4. The number of carbonyl (C=O) groups excluding carboxylic acids is 1. The van der Waals surface area contributed by atoms with Gasteiger partial charge in [0.15, 0.2) is 0 Å². The molecule has 1 amide bonds. The molecule has 3 heterocycles. The number of amides is 1. The van der Waals surface area contributed by atoms with Crippen LogP contribution in [-0.4, -0.2) is 52.1 Å². The van der Waals surface area contributed by atoms with Crippen molar-refractivity contribution in [3.8, 4) is 11.4 Å². The molecule has 9 heteroatoms. The van der Waals surface area contributed by atoms with Crippen molar-refractivity contribution in [3.63, 3.8) is 0 Å². The number of nitrogens with zero attached hydrogens (tertiary/aromatic N) is 5. The van der Waals surface area contributed by atoms with E-state index in [2.05, 4.69) is 20.0 Å². The molecule has 4 rings (SSSR count). The van der Waals surface area contributed by atoms with E-state index in [1.807, 2.05) is 19.1 Å². The maximum absolute atomic E-state index is 12.8. The fraction of sp³-hybridized carbons (Fsp3) is 0.300. The fourth-order valence-corrected chi connectivity index (χ4v) is 3.56. The molecule has 0 aliphatic carbocycles. The average molecular weight is 432 g/mol. The van der Waals surface area contributed by atoms with Gasteiger partial charge in [-0.25, -0.2) is 4.98 Å². The Bertz CT molecular complexity index is 1010. The molecule has 1 saturated heterocycles. The second-order valence-corrected chi connectivity index (χ2v) is 7.52. The Morgan fingerprint density at radius 3 is 2.59 bits per heavy atom. The zero-order chi connectivity index (χ0) is 20.4. The van der Waals surface area contributed by atoms with Crippen molar-refractivity contribution < 1.29 is 9.32 Å². The second kappa shape index (κ2) is 8.39. The Hall–Kier alpha value is -2.64. The number of hydrogen-bond donors (Lipinski definition) is 0. The van der Waals surface area contributed by atoms with Crippen LogP contribution in [0.15, 0.2) is 41.1 Å². The smallest absolute Gasteiger partial charge is 0.255 e. The zero-order valence-electron chi connectivity index (χ0n) is 15.8. The van der Waals surface area contributed by atoms with Gasteiger partial charge in [0, 0.05) is 49.4 Å². The first kappa shape index (κ1) is 19.7. The Morgan fingerprint density at radius 1 is 1.14 bits per heavy atom. The lowest BCUT2D eigenvalue weighted by Gasteiger charge is -2.35. The molecule has 7 nitrogen and oxygen atoms in total. The monoisotopic (exact) mass is 431 g/mol. The van der Waals surface area contributed by atoms with Crippen molar-refractivity contribution in [2.24, 2.45) is 0 Å². The lowest BCUT2D eigenvalue weighted by atomic mass is 10.1. The summed E-state index contributed by atoms with van der Waals surface area (Å²) in [4.78, 5) is 25.5. The number of aromatic nitrogens is 3. The minimum Gasteiger partial charge on any atom is -0.353 e. The van der Waals surface area contributed by atoms with Crippen molar-refractivity contribution in [1.29, 1.82) is 0 Å². The van der Waals surface area contributed by atoms with Crippen molar-refractivity contribution in [3.05, 3.63) is 58.0 Å². The van der Waals surface area contributed by atoms with Gasteiger partial charge in [-0.15, -0.1) is 0 Å². The molecule has 150 valence electrons. The summed E-state index contributed by atoms with van der Waals surface area (Å²) in [5.74, 6) is 1.88. The first-order valence-electron chi connectivity index (χ1n) is 9.33. The molecule has 1 aromatic carbocycles. The fourth-order valence-electron chi connectivity index (χ4n) is 3.19. The highest BCUT2D eigenvalue weighted by atomic mass is 35.5. The molecule has 3 aromatic rings. The number of pyridine rings is 1. The van der Waals surface area contributed by atoms with Crippen molar-refractivity contribution in [1.82, 2.24) is 20.0 Å². The molecule has 1 aliphatic rings. The normalized spacial score (nSPS) is 14.3. The van der Waals surface area contributed by atoms with Crippen molar-refractivity contribution >= 4 is 34.9 Å². The van der Waals surface area contributed by atoms with E-state index >= 15 is 0 Å². The molecular formula is C20H19Cl2N5O2. The van der Waals surface area contributed by atoms with Gasteiger partial charge in [0.25, 0.3) is 5.91 Å². The van der Waals surface area contributed by atoms with Gasteiger partial charge >= 0.3 is 0 Å². The van der Waals surface area contributed by atoms with Crippen molar-refractivity contribution in [2.75, 3.05) is 31.1 Å². The van der Waals surface area contributed by atoms with E-state index in [4.69, 9.17) is 27.7 Å². The topological polar surface area (TPSA) is 75.4 Å². The highest BCUT2D eigenvalue weighted by Gasteiger charge is 2.24. The van der Waals surface area contributed by atoms with E-state index < -0.39 is 0 Å². The Balaban J connectivity index is 1.40. The van der Waals surface area contributed by atoms with Crippen molar-refractivity contribution in [2.45, 2.75) is 13.3 Å². The molecule has 0 atom stereocenters. The molecule has 2 aromatic heterocycles. The minimum atomic E-state index is -0.107. The molecule has 0 bridgehead atoms. The van der Waals surface area contributed by atoms with Crippen LogP contribution in [0.3, 0.4) is 0 Å². The van der Waals surface area contributed by atoms with Crippen LogP contribution in [0.1, 0.15) is 23.2 Å². The summed E-state index contributed by atoms with van der Waals surface area (Å²) in [6, 6.07) is 8.79. The van der Waals surface area contributed by atoms with E-state index in [0.717, 1.165) is 11.4 Å². The van der Waals surface area contributed by atoms with E-state index in [9.17, 15) is 4.79 Å². The maximum Gasteiger partial charge on any atom is 0.255 e. The number of anilines is 1. The Labute approximate surface area is 178 Å². The van der Waals surface area contributed by atoms with Gasteiger partial charge in [-0.1, -0.05) is 35.3 Å². The van der Waals surface area contributed by atoms with E-state index in [-0.39, 0.29) is 5.91 Å². The van der Waals surface area contributed by atoms with Gasteiger partial charge in [-0.3, -0.25) is 4.79 Å². The first-order valence-corrected chi connectivity index (χ1v) is 10.1. The van der Waals surface area contributed by atoms with Gasteiger partial charge in [-0.05, 0) is 30.3 Å². The van der Waals surface area contributed by atoms with Gasteiger partial charge in [0.05, 0.1) is 10.6 Å². The molecule has 0 saturated carbocycles. The highest BCUT2D eigenvalue weighted by Crippen LogP contribution is 2.24. The number of hydrogen-bond acceptors (Lipinski definition) is 6. The molecule has 0 spiro atoms. The van der Waals surface area contributed by atoms with Crippen LogP contribution in [0.5, 0.6) is 0 Å². The molecule has 0 unspecified atom stereocenters. The summed E-state index contributed by atoms with van der Waals surface area (Å²) in [6.45, 7) is 4.48. The quantitative estimate of drug-likeness (QED) is 0.621. The van der Waals surface area contributed by atoms with E-state index in [0.29, 0.717) is 59.9 Å². The van der Waals surface area contributed by atoms with Crippen LogP contribution in [0.2, 0.25) is 10.0 Å². The average Bonchev–Trinajstić information content (AvgIpc) is 3.24. The van der Waals surface area contributed by atoms with E-state index in [1.165, 1.54) is 0 Å². The number of halogens is 2.